The number of β-amino-alcohol motifs (C(OH)–C–C–N with tert-alkyl or cyclic N) is 1. The van der Waals surface area contributed by atoms with Gasteiger partial charge in [-0.25, -0.2) is 0 Å². The summed E-state index contributed by atoms with van der Waals surface area (Å²) in [5.74, 6) is 1.48. The van der Waals surface area contributed by atoms with Crippen LogP contribution in [0.5, 0.6) is 17.2 Å². The first kappa shape index (κ1) is 17.4. The molecule has 0 spiro atoms. The lowest BCUT2D eigenvalue weighted by Crippen LogP contribution is -2.35. The summed E-state index contributed by atoms with van der Waals surface area (Å²) in [7, 11) is 4.61. The maximum absolute atomic E-state index is 12.1. The predicted octanol–water partition coefficient (Wildman–Crippen LogP) is -0.0486. The lowest BCUT2D eigenvalue weighted by Gasteiger charge is -2.16. The van der Waals surface area contributed by atoms with Gasteiger partial charge in [-0.2, -0.15) is 0 Å². The second kappa shape index (κ2) is 8.03. The maximum atomic E-state index is 12.1. The number of aliphatic hydroxyl groups is 1. The molecule has 7 nitrogen and oxygen atoms in total. The van der Waals surface area contributed by atoms with Crippen molar-refractivity contribution >= 4 is 5.91 Å². The summed E-state index contributed by atoms with van der Waals surface area (Å²) >= 11 is 0. The van der Waals surface area contributed by atoms with E-state index >= 15 is 0 Å². The number of ether oxygens (including phenoxy) is 3. The van der Waals surface area contributed by atoms with Crippen LogP contribution in [0.15, 0.2) is 12.1 Å². The Labute approximate surface area is 135 Å². The summed E-state index contributed by atoms with van der Waals surface area (Å²) in [6, 6.07) is 3.51. The van der Waals surface area contributed by atoms with Crippen molar-refractivity contribution in [2.45, 2.75) is 12.5 Å². The highest BCUT2D eigenvalue weighted by molar-refractivity contribution is 5.79. The average molecular weight is 324 g/mol. The van der Waals surface area contributed by atoms with Crippen LogP contribution in [0.1, 0.15) is 5.56 Å². The Hall–Kier alpha value is -1.99. The number of methoxy groups -OCH3 is 3. The summed E-state index contributed by atoms with van der Waals surface area (Å²) in [4.78, 5) is 12.1. The Bertz CT molecular complexity index is 524. The van der Waals surface area contributed by atoms with Gasteiger partial charge in [-0.05, 0) is 17.7 Å². The molecule has 0 radical (unpaired) electrons. The molecule has 2 rings (SSSR count). The highest BCUT2D eigenvalue weighted by Gasteiger charge is 2.25. The third kappa shape index (κ3) is 4.27. The number of hydrogen-bond acceptors (Lipinski definition) is 6. The second-order valence-corrected chi connectivity index (χ2v) is 5.50. The molecule has 128 valence electrons. The first-order valence-electron chi connectivity index (χ1n) is 7.53. The molecule has 0 saturated carbocycles. The zero-order valence-electron chi connectivity index (χ0n) is 13.7. The van der Waals surface area contributed by atoms with E-state index in [2.05, 4.69) is 10.6 Å². The largest absolute Gasteiger partial charge is 0.493 e. The SMILES string of the molecule is COc1cc(CC(=O)NCC2CNCC2O)cc(OC)c1OC. The molecule has 2 unspecified atom stereocenters. The molecule has 1 aliphatic heterocycles. The smallest absolute Gasteiger partial charge is 0.224 e. The van der Waals surface area contributed by atoms with Crippen LogP contribution in [0.2, 0.25) is 0 Å². The number of nitrogens with one attached hydrogen (secondary N) is 2. The van der Waals surface area contributed by atoms with Gasteiger partial charge in [-0.1, -0.05) is 0 Å². The van der Waals surface area contributed by atoms with E-state index in [-0.39, 0.29) is 18.2 Å². The van der Waals surface area contributed by atoms with Crippen LogP contribution in [0.4, 0.5) is 0 Å². The Kier molecular flexibility index (Phi) is 6.06. The molecule has 1 aromatic carbocycles. The van der Waals surface area contributed by atoms with Crippen molar-refractivity contribution < 1.29 is 24.1 Å². The first-order valence-corrected chi connectivity index (χ1v) is 7.53. The van der Waals surface area contributed by atoms with Crippen LogP contribution < -0.4 is 24.8 Å². The predicted molar refractivity (Wildman–Crippen MR) is 85.2 cm³/mol. The van der Waals surface area contributed by atoms with E-state index in [1.54, 1.807) is 12.1 Å². The van der Waals surface area contributed by atoms with Crippen molar-refractivity contribution in [3.8, 4) is 17.2 Å². The number of amides is 1. The number of rotatable bonds is 7. The monoisotopic (exact) mass is 324 g/mol. The Balaban J connectivity index is 1.99. The molecule has 2 atom stereocenters. The highest BCUT2D eigenvalue weighted by Crippen LogP contribution is 2.38. The lowest BCUT2D eigenvalue weighted by molar-refractivity contribution is -0.120. The van der Waals surface area contributed by atoms with Gasteiger partial charge in [0.25, 0.3) is 0 Å². The molecule has 23 heavy (non-hydrogen) atoms. The lowest BCUT2D eigenvalue weighted by atomic mass is 10.1. The van der Waals surface area contributed by atoms with Crippen molar-refractivity contribution in [3.63, 3.8) is 0 Å². The number of hydrogen-bond donors (Lipinski definition) is 3. The molecular weight excluding hydrogens is 300 g/mol. The zero-order chi connectivity index (χ0) is 16.8. The van der Waals surface area contributed by atoms with Crippen molar-refractivity contribution in [1.29, 1.82) is 0 Å². The van der Waals surface area contributed by atoms with Crippen molar-refractivity contribution in [1.82, 2.24) is 10.6 Å². The number of aliphatic hydroxyl groups excluding tert-OH is 1. The van der Waals surface area contributed by atoms with Gasteiger partial charge in [0, 0.05) is 25.6 Å². The van der Waals surface area contributed by atoms with Gasteiger partial charge in [0.2, 0.25) is 11.7 Å². The summed E-state index contributed by atoms with van der Waals surface area (Å²) in [6.07, 6.45) is -0.205. The quantitative estimate of drug-likeness (QED) is 0.652. The average Bonchev–Trinajstić information content (AvgIpc) is 2.97. The molecule has 0 aromatic heterocycles. The topological polar surface area (TPSA) is 89.1 Å². The summed E-state index contributed by atoms with van der Waals surface area (Å²) < 4.78 is 15.8. The fourth-order valence-corrected chi connectivity index (χ4v) is 2.66. The van der Waals surface area contributed by atoms with Gasteiger partial charge >= 0.3 is 0 Å². The summed E-state index contributed by atoms with van der Waals surface area (Å²) in [5, 5.41) is 15.7. The Morgan fingerprint density at radius 3 is 2.35 bits per heavy atom. The van der Waals surface area contributed by atoms with Crippen LogP contribution in [-0.2, 0) is 11.2 Å². The van der Waals surface area contributed by atoms with E-state index in [1.807, 2.05) is 0 Å². The van der Waals surface area contributed by atoms with Crippen LogP contribution in [-0.4, -0.2) is 58.1 Å². The number of benzene rings is 1. The van der Waals surface area contributed by atoms with E-state index in [9.17, 15) is 9.90 Å². The van der Waals surface area contributed by atoms with Gasteiger partial charge in [0.1, 0.15) is 0 Å². The molecule has 0 aliphatic carbocycles. The van der Waals surface area contributed by atoms with Gasteiger partial charge in [-0.3, -0.25) is 4.79 Å². The first-order chi connectivity index (χ1) is 11.1. The highest BCUT2D eigenvalue weighted by atomic mass is 16.5. The fraction of sp³-hybridized carbons (Fsp3) is 0.562. The minimum atomic E-state index is -0.406. The van der Waals surface area contributed by atoms with Gasteiger partial charge in [0.15, 0.2) is 11.5 Å². The van der Waals surface area contributed by atoms with E-state index in [4.69, 9.17) is 14.2 Å². The normalized spacial score (nSPS) is 20.2. The third-order valence-electron chi connectivity index (χ3n) is 3.95. The van der Waals surface area contributed by atoms with E-state index < -0.39 is 6.10 Å². The van der Waals surface area contributed by atoms with Gasteiger partial charge in [-0.15, -0.1) is 0 Å². The minimum absolute atomic E-state index is 0.0545. The van der Waals surface area contributed by atoms with Crippen molar-refractivity contribution in [3.05, 3.63) is 17.7 Å². The van der Waals surface area contributed by atoms with E-state index in [1.165, 1.54) is 21.3 Å². The maximum Gasteiger partial charge on any atom is 0.224 e. The standard InChI is InChI=1S/C16H24N2O5/c1-21-13-4-10(5-14(22-2)16(13)23-3)6-15(20)18-8-11-7-17-9-12(11)19/h4-5,11-12,17,19H,6-9H2,1-3H3,(H,18,20). The molecule has 1 heterocycles. The molecule has 3 N–H and O–H groups in total. The van der Waals surface area contributed by atoms with Crippen LogP contribution >= 0.6 is 0 Å². The van der Waals surface area contributed by atoms with Gasteiger partial charge in [0.05, 0.1) is 33.9 Å². The second-order valence-electron chi connectivity index (χ2n) is 5.50. The minimum Gasteiger partial charge on any atom is -0.493 e. The van der Waals surface area contributed by atoms with Crippen LogP contribution in [0, 0.1) is 5.92 Å². The molecule has 1 aromatic rings. The fourth-order valence-electron chi connectivity index (χ4n) is 2.66. The van der Waals surface area contributed by atoms with Crippen LogP contribution in [0.25, 0.3) is 0 Å². The summed E-state index contributed by atoms with van der Waals surface area (Å²) in [5.41, 5.74) is 0.766. The number of carbonyl (C=O) groups excluding carboxylic acids is 1. The molecule has 1 amide bonds. The number of carbonyl (C=O) groups is 1. The van der Waals surface area contributed by atoms with Crippen LogP contribution in [0.3, 0.4) is 0 Å². The van der Waals surface area contributed by atoms with Gasteiger partial charge < -0.3 is 30.0 Å². The van der Waals surface area contributed by atoms with Crippen molar-refractivity contribution in [2.24, 2.45) is 5.92 Å². The Morgan fingerprint density at radius 1 is 1.22 bits per heavy atom. The molecule has 1 aliphatic rings. The molecular formula is C16H24N2O5. The van der Waals surface area contributed by atoms with E-state index in [0.29, 0.717) is 36.9 Å². The summed E-state index contributed by atoms with van der Waals surface area (Å²) in [6.45, 7) is 1.75. The Morgan fingerprint density at radius 2 is 1.87 bits per heavy atom. The molecule has 1 fully saturated rings. The van der Waals surface area contributed by atoms with E-state index in [0.717, 1.165) is 5.56 Å². The molecule has 0 bridgehead atoms. The third-order valence-corrected chi connectivity index (χ3v) is 3.95. The van der Waals surface area contributed by atoms with Crippen molar-refractivity contribution in [2.75, 3.05) is 41.0 Å². The zero-order valence-corrected chi connectivity index (χ0v) is 13.7. The molecule has 7 heteroatoms. The molecule has 1 saturated heterocycles.